The van der Waals surface area contributed by atoms with E-state index in [4.69, 9.17) is 9.47 Å². The van der Waals surface area contributed by atoms with E-state index in [2.05, 4.69) is 21.2 Å². The van der Waals surface area contributed by atoms with Crippen LogP contribution >= 0.6 is 15.9 Å². The Hall–Kier alpha value is -2.61. The average Bonchev–Trinajstić information content (AvgIpc) is 2.65. The molecule has 144 valence electrons. The van der Waals surface area contributed by atoms with Gasteiger partial charge in [-0.1, -0.05) is 12.1 Å². The van der Waals surface area contributed by atoms with Crippen molar-refractivity contribution in [3.05, 3.63) is 52.8 Å². The molecule has 8 heteroatoms. The van der Waals surface area contributed by atoms with E-state index in [0.29, 0.717) is 28.2 Å². The Kier molecular flexibility index (Phi) is 7.60. The van der Waals surface area contributed by atoms with Crippen LogP contribution in [-0.2, 0) is 9.59 Å². The summed E-state index contributed by atoms with van der Waals surface area (Å²) in [7, 11) is 1.51. The Labute approximate surface area is 165 Å². The van der Waals surface area contributed by atoms with E-state index >= 15 is 0 Å². The van der Waals surface area contributed by atoms with Crippen LogP contribution in [0.4, 0.5) is 10.1 Å². The molecule has 0 spiro atoms. The molecule has 0 bridgehead atoms. The van der Waals surface area contributed by atoms with Crippen LogP contribution in [0.25, 0.3) is 0 Å². The zero-order valence-electron chi connectivity index (χ0n) is 15.0. The number of benzene rings is 2. The molecule has 0 aliphatic carbocycles. The second-order valence-electron chi connectivity index (χ2n) is 5.52. The van der Waals surface area contributed by atoms with Crippen molar-refractivity contribution in [3.8, 4) is 11.5 Å². The lowest BCUT2D eigenvalue weighted by Gasteiger charge is -2.21. The Morgan fingerprint density at radius 2 is 1.93 bits per heavy atom. The van der Waals surface area contributed by atoms with Crippen molar-refractivity contribution >= 4 is 33.4 Å². The molecule has 0 atom stereocenters. The molecule has 0 saturated carbocycles. The minimum absolute atomic E-state index is 0.124. The molecular weight excluding hydrogens is 419 g/mol. The Bertz CT molecular complexity index is 816. The van der Waals surface area contributed by atoms with E-state index < -0.39 is 5.82 Å². The largest absolute Gasteiger partial charge is 0.495 e. The van der Waals surface area contributed by atoms with Gasteiger partial charge < -0.3 is 19.7 Å². The van der Waals surface area contributed by atoms with Crippen LogP contribution in [-0.4, -0.2) is 43.5 Å². The second kappa shape index (κ2) is 9.91. The van der Waals surface area contributed by atoms with E-state index in [1.54, 1.807) is 31.2 Å². The first-order chi connectivity index (χ1) is 12.9. The number of para-hydroxylation sites is 2. The molecule has 0 aromatic heterocycles. The van der Waals surface area contributed by atoms with Crippen molar-refractivity contribution in [1.82, 2.24) is 4.90 Å². The number of halogens is 2. The van der Waals surface area contributed by atoms with Gasteiger partial charge in [0.05, 0.1) is 23.8 Å². The first-order valence-electron chi connectivity index (χ1n) is 8.23. The van der Waals surface area contributed by atoms with Gasteiger partial charge in [-0.15, -0.1) is 0 Å². The first-order valence-corrected chi connectivity index (χ1v) is 9.02. The highest BCUT2D eigenvalue weighted by Gasteiger charge is 2.17. The summed E-state index contributed by atoms with van der Waals surface area (Å²) in [6.07, 6.45) is 0. The summed E-state index contributed by atoms with van der Waals surface area (Å²) in [5.74, 6) is -0.241. The molecule has 0 saturated heterocycles. The van der Waals surface area contributed by atoms with Gasteiger partial charge in [0.25, 0.3) is 5.91 Å². The lowest BCUT2D eigenvalue weighted by atomic mass is 10.3. The standard InChI is InChI=1S/C19H20BrFN2O4/c1-3-23(11-18(24)22-15-6-4-5-7-17(15)26-2)19(25)12-27-16-9-8-13(21)10-14(16)20/h4-10H,3,11-12H2,1-2H3,(H,22,24). The van der Waals surface area contributed by atoms with Crippen molar-refractivity contribution in [1.29, 1.82) is 0 Å². The summed E-state index contributed by atoms with van der Waals surface area (Å²) in [4.78, 5) is 26.0. The summed E-state index contributed by atoms with van der Waals surface area (Å²) in [5, 5.41) is 2.72. The van der Waals surface area contributed by atoms with E-state index in [0.717, 1.165) is 0 Å². The third kappa shape index (κ3) is 5.96. The van der Waals surface area contributed by atoms with Gasteiger partial charge in [-0.25, -0.2) is 4.39 Å². The van der Waals surface area contributed by atoms with Gasteiger partial charge >= 0.3 is 0 Å². The predicted molar refractivity (Wildman–Crippen MR) is 103 cm³/mol. The molecule has 6 nitrogen and oxygen atoms in total. The van der Waals surface area contributed by atoms with Gasteiger partial charge in [-0.2, -0.15) is 0 Å². The monoisotopic (exact) mass is 438 g/mol. The van der Waals surface area contributed by atoms with Crippen molar-refractivity contribution in [2.45, 2.75) is 6.92 Å². The average molecular weight is 439 g/mol. The van der Waals surface area contributed by atoms with Gasteiger partial charge in [-0.3, -0.25) is 9.59 Å². The molecular formula is C19H20BrFN2O4. The number of carbonyl (C=O) groups is 2. The molecule has 1 N–H and O–H groups in total. The fourth-order valence-corrected chi connectivity index (χ4v) is 2.78. The highest BCUT2D eigenvalue weighted by atomic mass is 79.9. The third-order valence-electron chi connectivity index (χ3n) is 3.70. The van der Waals surface area contributed by atoms with Gasteiger partial charge in [-0.05, 0) is 53.2 Å². The highest BCUT2D eigenvalue weighted by molar-refractivity contribution is 9.10. The fourth-order valence-electron chi connectivity index (χ4n) is 2.31. The normalized spacial score (nSPS) is 10.2. The van der Waals surface area contributed by atoms with Gasteiger partial charge in [0.15, 0.2) is 6.61 Å². The Balaban J connectivity index is 1.93. The molecule has 2 rings (SSSR count). The van der Waals surface area contributed by atoms with Gasteiger partial charge in [0, 0.05) is 6.54 Å². The third-order valence-corrected chi connectivity index (χ3v) is 4.31. The van der Waals surface area contributed by atoms with Crippen LogP contribution in [0.2, 0.25) is 0 Å². The fraction of sp³-hybridized carbons (Fsp3) is 0.263. The van der Waals surface area contributed by atoms with Crippen molar-refractivity contribution < 1.29 is 23.5 Å². The second-order valence-corrected chi connectivity index (χ2v) is 6.37. The van der Waals surface area contributed by atoms with Crippen molar-refractivity contribution in [2.75, 3.05) is 32.1 Å². The first kappa shape index (κ1) is 20.7. The number of nitrogens with one attached hydrogen (secondary N) is 1. The number of nitrogens with zero attached hydrogens (tertiary/aromatic N) is 1. The maximum atomic E-state index is 13.1. The number of methoxy groups -OCH3 is 1. The number of carbonyl (C=O) groups excluding carboxylic acids is 2. The molecule has 0 fully saturated rings. The molecule has 0 aliphatic rings. The quantitative estimate of drug-likeness (QED) is 0.684. The minimum atomic E-state index is -0.413. The van der Waals surface area contributed by atoms with E-state index in [1.807, 2.05) is 0 Å². The zero-order valence-corrected chi connectivity index (χ0v) is 16.6. The lowest BCUT2D eigenvalue weighted by molar-refractivity contribution is -0.136. The van der Waals surface area contributed by atoms with Gasteiger partial charge in [0.2, 0.25) is 5.91 Å². The Morgan fingerprint density at radius 3 is 2.59 bits per heavy atom. The topological polar surface area (TPSA) is 67.9 Å². The number of amides is 2. The van der Waals surface area contributed by atoms with E-state index in [9.17, 15) is 14.0 Å². The number of likely N-dealkylation sites (N-methyl/N-ethyl adjacent to an activating group) is 1. The summed E-state index contributed by atoms with van der Waals surface area (Å²) < 4.78 is 24.1. The summed E-state index contributed by atoms with van der Waals surface area (Å²) >= 11 is 3.18. The van der Waals surface area contributed by atoms with Crippen LogP contribution < -0.4 is 14.8 Å². The highest BCUT2D eigenvalue weighted by Crippen LogP contribution is 2.25. The molecule has 0 unspecified atom stereocenters. The molecule has 27 heavy (non-hydrogen) atoms. The smallest absolute Gasteiger partial charge is 0.260 e. The van der Waals surface area contributed by atoms with Crippen LogP contribution in [0.5, 0.6) is 11.5 Å². The SMILES string of the molecule is CCN(CC(=O)Nc1ccccc1OC)C(=O)COc1ccc(F)cc1Br. The zero-order chi connectivity index (χ0) is 19.8. The molecule has 2 amide bonds. The molecule has 0 heterocycles. The summed E-state index contributed by atoms with van der Waals surface area (Å²) in [6, 6.07) is 10.9. The van der Waals surface area contributed by atoms with Crippen molar-refractivity contribution in [3.63, 3.8) is 0 Å². The molecule has 2 aromatic carbocycles. The number of anilines is 1. The summed E-state index contributed by atoms with van der Waals surface area (Å²) in [6.45, 7) is 1.72. The number of ether oxygens (including phenoxy) is 2. The van der Waals surface area contributed by atoms with Gasteiger partial charge in [0.1, 0.15) is 17.3 Å². The van der Waals surface area contributed by atoms with E-state index in [-0.39, 0.29) is 25.0 Å². The van der Waals surface area contributed by atoms with Crippen LogP contribution in [0.1, 0.15) is 6.92 Å². The number of hydrogen-bond donors (Lipinski definition) is 1. The molecule has 0 aliphatic heterocycles. The van der Waals surface area contributed by atoms with E-state index in [1.165, 1.54) is 30.2 Å². The maximum Gasteiger partial charge on any atom is 0.260 e. The molecule has 0 radical (unpaired) electrons. The van der Waals surface area contributed by atoms with Crippen LogP contribution in [0.3, 0.4) is 0 Å². The number of rotatable bonds is 8. The Morgan fingerprint density at radius 1 is 1.19 bits per heavy atom. The number of hydrogen-bond acceptors (Lipinski definition) is 4. The maximum absolute atomic E-state index is 13.1. The van der Waals surface area contributed by atoms with Crippen molar-refractivity contribution in [2.24, 2.45) is 0 Å². The predicted octanol–water partition coefficient (Wildman–Crippen LogP) is 3.46. The minimum Gasteiger partial charge on any atom is -0.495 e. The lowest BCUT2D eigenvalue weighted by Crippen LogP contribution is -2.40. The van der Waals surface area contributed by atoms with Crippen LogP contribution in [0.15, 0.2) is 46.9 Å². The molecule has 2 aromatic rings. The summed E-state index contributed by atoms with van der Waals surface area (Å²) in [5.41, 5.74) is 0.528. The van der Waals surface area contributed by atoms with Crippen LogP contribution in [0, 0.1) is 5.82 Å².